The van der Waals surface area contributed by atoms with Gasteiger partial charge in [0.25, 0.3) is 11.1 Å². The number of amides is 5. The minimum Gasteiger partial charge on any atom is -0.493 e. The number of β-amino-alcohol motifs (C(OH)–C–C–N with tert-alkyl or cyclic N) is 1. The van der Waals surface area contributed by atoms with Gasteiger partial charge in [-0.2, -0.15) is 13.2 Å². The van der Waals surface area contributed by atoms with Crippen LogP contribution in [0.15, 0.2) is 77.1 Å². The number of ether oxygens (including phenoxy) is 3. The SMILES string of the molecule is COc1cc(/C=C2\SC(=O)N(CCOCCC(=O)N[C@H](C(=O)N3C[C@H](O)CC3C(=O)NCc3ccc(-c4scnc4C)cc3)C(C)(C)C)C2=O)ccc1Oc1ccccc1C(F)(F)F. The van der Waals surface area contributed by atoms with E-state index in [4.69, 9.17) is 14.2 Å². The second-order valence-electron chi connectivity index (χ2n) is 16.1. The Balaban J connectivity index is 0.976. The predicted octanol–water partition coefficient (Wildman–Crippen LogP) is 7.19. The highest BCUT2D eigenvalue weighted by Gasteiger charge is 2.44. The molecule has 3 heterocycles. The van der Waals surface area contributed by atoms with Crippen molar-refractivity contribution < 1.29 is 56.5 Å². The second kappa shape index (κ2) is 20.4. The number of carbonyl (C=O) groups excluding carboxylic acids is 5. The molecule has 0 radical (unpaired) electrons. The number of benzene rings is 3. The predicted molar refractivity (Wildman–Crippen MR) is 234 cm³/mol. The number of nitrogens with zero attached hydrogens (tertiary/aromatic N) is 3. The van der Waals surface area contributed by atoms with Crippen LogP contribution in [0.1, 0.15) is 56.0 Å². The zero-order valence-corrected chi connectivity index (χ0v) is 37.3. The van der Waals surface area contributed by atoms with Crippen LogP contribution >= 0.6 is 23.1 Å². The third-order valence-corrected chi connectivity index (χ3v) is 12.3. The summed E-state index contributed by atoms with van der Waals surface area (Å²) in [5.74, 6) is -2.33. The maximum atomic E-state index is 14.0. The van der Waals surface area contributed by atoms with Crippen molar-refractivity contribution in [3.05, 3.63) is 99.5 Å². The van der Waals surface area contributed by atoms with E-state index in [0.29, 0.717) is 17.3 Å². The summed E-state index contributed by atoms with van der Waals surface area (Å²) >= 11 is 2.25. The molecular formula is C45H48F3N5O9S2. The molecule has 0 aliphatic carbocycles. The molecular weight excluding hydrogens is 876 g/mol. The average Bonchev–Trinajstić information content (AvgIpc) is 3.94. The number of thiazole rings is 1. The molecule has 1 unspecified atom stereocenters. The molecule has 0 spiro atoms. The number of aliphatic hydroxyl groups is 1. The summed E-state index contributed by atoms with van der Waals surface area (Å²) in [7, 11) is 1.31. The van der Waals surface area contributed by atoms with Gasteiger partial charge in [-0.1, -0.05) is 63.2 Å². The molecule has 0 bridgehead atoms. The summed E-state index contributed by atoms with van der Waals surface area (Å²) in [5, 5.41) is 15.7. The molecule has 0 saturated carbocycles. The minimum absolute atomic E-state index is 0.00723. The number of aryl methyl sites for hydroxylation is 1. The fourth-order valence-corrected chi connectivity index (χ4v) is 8.72. The van der Waals surface area contributed by atoms with Gasteiger partial charge in [0.2, 0.25) is 17.7 Å². The van der Waals surface area contributed by atoms with E-state index in [-0.39, 0.29) is 62.1 Å². The van der Waals surface area contributed by atoms with Gasteiger partial charge >= 0.3 is 6.18 Å². The Hall–Kier alpha value is -5.76. The molecule has 2 saturated heterocycles. The summed E-state index contributed by atoms with van der Waals surface area (Å²) in [5.41, 5.74) is 3.28. The lowest BCUT2D eigenvalue weighted by atomic mass is 9.85. The molecule has 4 aromatic rings. The third-order valence-electron chi connectivity index (χ3n) is 10.4. The number of aromatic nitrogens is 1. The smallest absolute Gasteiger partial charge is 0.419 e. The van der Waals surface area contributed by atoms with Crippen LogP contribution in [0.3, 0.4) is 0 Å². The molecule has 5 amide bonds. The van der Waals surface area contributed by atoms with Crippen LogP contribution in [-0.2, 0) is 36.6 Å². The fraction of sp³-hybridized carbons (Fsp3) is 0.378. The van der Waals surface area contributed by atoms with Gasteiger partial charge < -0.3 is 34.9 Å². The van der Waals surface area contributed by atoms with Crippen LogP contribution in [-0.4, -0.2) is 100 Å². The number of halogens is 3. The van der Waals surface area contributed by atoms with Crippen molar-refractivity contribution in [2.45, 2.75) is 71.4 Å². The molecule has 14 nitrogen and oxygen atoms in total. The molecule has 340 valence electrons. The summed E-state index contributed by atoms with van der Waals surface area (Å²) < 4.78 is 57.0. The first kappa shape index (κ1) is 47.7. The molecule has 3 aromatic carbocycles. The largest absolute Gasteiger partial charge is 0.493 e. The molecule has 3 N–H and O–H groups in total. The number of hydrogen-bond acceptors (Lipinski definition) is 12. The van der Waals surface area contributed by atoms with Crippen molar-refractivity contribution in [1.82, 2.24) is 25.4 Å². The van der Waals surface area contributed by atoms with Crippen molar-refractivity contribution in [3.63, 3.8) is 0 Å². The summed E-state index contributed by atoms with van der Waals surface area (Å²) in [4.78, 5) is 74.3. The summed E-state index contributed by atoms with van der Waals surface area (Å²) in [6.45, 7) is 7.11. The number of carbonyl (C=O) groups is 5. The average molecular weight is 924 g/mol. The Kier molecular flexibility index (Phi) is 15.2. The van der Waals surface area contributed by atoms with Gasteiger partial charge in [0.1, 0.15) is 17.8 Å². The van der Waals surface area contributed by atoms with Gasteiger partial charge in [-0.3, -0.25) is 28.9 Å². The normalized spacial score (nSPS) is 17.8. The van der Waals surface area contributed by atoms with Crippen molar-refractivity contribution in [2.75, 3.05) is 33.4 Å². The standard InChI is InChI=1S/C45H48F3N5O9S2/c1-26-38(63-25-50-26)29-13-10-27(11-14-29)23-49-40(56)32-22-30(54)24-53(32)42(58)39(44(2,3)4)51-37(55)16-18-61-19-17-52-41(57)36(64-43(52)59)21-28-12-15-34(35(20-28)60-5)62-33-9-7-6-8-31(33)45(46,47)48/h6-15,20-21,25,30,32,39,54H,16-19,22-24H2,1-5H3,(H,49,56)(H,51,55)/b36-21-/t30-,32?,39-/m1/s1. The fourth-order valence-electron chi connectivity index (χ4n) is 7.05. The Bertz CT molecular complexity index is 2400. The van der Waals surface area contributed by atoms with E-state index in [1.165, 1.54) is 54.5 Å². The van der Waals surface area contributed by atoms with Gasteiger partial charge in [-0.05, 0) is 71.1 Å². The molecule has 2 fully saturated rings. The number of methoxy groups -OCH3 is 1. The Morgan fingerprint density at radius 3 is 2.41 bits per heavy atom. The number of aliphatic hydroxyl groups excluding tert-OH is 1. The van der Waals surface area contributed by atoms with Crippen LogP contribution in [0.5, 0.6) is 17.2 Å². The van der Waals surface area contributed by atoms with Crippen molar-refractivity contribution in [2.24, 2.45) is 5.41 Å². The van der Waals surface area contributed by atoms with E-state index >= 15 is 0 Å². The monoisotopic (exact) mass is 923 g/mol. The number of rotatable bonds is 16. The molecule has 6 rings (SSSR count). The quantitative estimate of drug-likeness (QED) is 0.0766. The van der Waals surface area contributed by atoms with Crippen LogP contribution in [0.2, 0.25) is 0 Å². The van der Waals surface area contributed by atoms with E-state index in [1.54, 1.807) is 37.6 Å². The van der Waals surface area contributed by atoms with E-state index < -0.39 is 70.0 Å². The Labute approximate surface area is 376 Å². The number of para-hydroxylation sites is 1. The van der Waals surface area contributed by atoms with E-state index in [2.05, 4.69) is 15.6 Å². The molecule has 19 heteroatoms. The first-order valence-electron chi connectivity index (χ1n) is 20.2. The number of nitrogens with one attached hydrogen (secondary N) is 2. The van der Waals surface area contributed by atoms with Crippen LogP contribution in [0.25, 0.3) is 16.5 Å². The van der Waals surface area contributed by atoms with Crippen molar-refractivity contribution in [3.8, 4) is 27.7 Å². The van der Waals surface area contributed by atoms with Crippen molar-refractivity contribution >= 4 is 58.0 Å². The zero-order chi connectivity index (χ0) is 46.3. The lowest BCUT2D eigenvalue weighted by molar-refractivity contribution is -0.144. The maximum Gasteiger partial charge on any atom is 0.419 e. The van der Waals surface area contributed by atoms with E-state index in [0.717, 1.165) is 32.7 Å². The van der Waals surface area contributed by atoms with Crippen LogP contribution < -0.4 is 20.1 Å². The zero-order valence-electron chi connectivity index (χ0n) is 35.7. The number of alkyl halides is 3. The molecule has 64 heavy (non-hydrogen) atoms. The number of imide groups is 1. The second-order valence-corrected chi connectivity index (χ2v) is 18.0. The van der Waals surface area contributed by atoms with Gasteiger partial charge in [-0.25, -0.2) is 4.98 Å². The third kappa shape index (κ3) is 11.7. The molecule has 2 aliphatic heterocycles. The van der Waals surface area contributed by atoms with Gasteiger partial charge in [-0.15, -0.1) is 11.3 Å². The highest BCUT2D eigenvalue weighted by Crippen LogP contribution is 2.41. The van der Waals surface area contributed by atoms with E-state index in [9.17, 15) is 42.3 Å². The number of likely N-dealkylation sites (tertiary alicyclic amines) is 1. The highest BCUT2D eigenvalue weighted by atomic mass is 32.2. The van der Waals surface area contributed by atoms with Gasteiger partial charge in [0, 0.05) is 25.9 Å². The summed E-state index contributed by atoms with van der Waals surface area (Å²) in [6.07, 6.45) is -4.24. The van der Waals surface area contributed by atoms with Crippen molar-refractivity contribution in [1.29, 1.82) is 0 Å². The van der Waals surface area contributed by atoms with E-state index in [1.807, 2.05) is 31.2 Å². The first-order valence-corrected chi connectivity index (χ1v) is 21.9. The highest BCUT2D eigenvalue weighted by molar-refractivity contribution is 8.18. The number of thioether (sulfide) groups is 1. The first-order chi connectivity index (χ1) is 30.3. The minimum atomic E-state index is -4.64. The van der Waals surface area contributed by atoms with Gasteiger partial charge in [0.05, 0.1) is 59.5 Å². The lowest BCUT2D eigenvalue weighted by Gasteiger charge is -2.35. The number of hydrogen-bond donors (Lipinski definition) is 3. The van der Waals surface area contributed by atoms with Crippen LogP contribution in [0.4, 0.5) is 18.0 Å². The Morgan fingerprint density at radius 2 is 1.73 bits per heavy atom. The molecule has 1 aromatic heterocycles. The lowest BCUT2D eigenvalue weighted by Crippen LogP contribution is -2.57. The van der Waals surface area contributed by atoms with Gasteiger partial charge in [0.15, 0.2) is 11.5 Å². The Morgan fingerprint density at radius 1 is 1.00 bits per heavy atom. The molecule has 2 aliphatic rings. The topological polar surface area (TPSA) is 177 Å². The molecule has 3 atom stereocenters. The summed E-state index contributed by atoms with van der Waals surface area (Å²) in [6, 6.07) is 14.9. The van der Waals surface area contributed by atoms with Crippen LogP contribution in [0, 0.1) is 12.3 Å². The maximum absolute atomic E-state index is 14.0.